The maximum atomic E-state index is 5.55. The van der Waals surface area contributed by atoms with Crippen LogP contribution in [-0.4, -0.2) is 47.7 Å². The summed E-state index contributed by atoms with van der Waals surface area (Å²) in [5.41, 5.74) is 0. The molecule has 0 saturated heterocycles. The first-order chi connectivity index (χ1) is 10.6. The lowest BCUT2D eigenvalue weighted by molar-refractivity contribution is 0.303. The number of anilines is 1. The Morgan fingerprint density at radius 1 is 1.18 bits per heavy atom. The van der Waals surface area contributed by atoms with Gasteiger partial charge in [0.05, 0.1) is 6.61 Å². The largest absolute Gasteiger partial charge is 0.478 e. The molecule has 0 amide bonds. The minimum Gasteiger partial charge on any atom is -0.478 e. The van der Waals surface area contributed by atoms with Crippen LogP contribution in [0.25, 0.3) is 0 Å². The van der Waals surface area contributed by atoms with E-state index in [4.69, 9.17) is 4.74 Å². The molecule has 22 heavy (non-hydrogen) atoms. The Morgan fingerprint density at radius 2 is 1.91 bits per heavy atom. The van der Waals surface area contributed by atoms with Crippen molar-refractivity contribution in [1.29, 1.82) is 0 Å². The number of nitrogens with one attached hydrogen (secondary N) is 1. The second-order valence-electron chi connectivity index (χ2n) is 5.85. The van der Waals surface area contributed by atoms with Gasteiger partial charge in [0.1, 0.15) is 11.6 Å². The van der Waals surface area contributed by atoms with E-state index in [2.05, 4.69) is 47.9 Å². The van der Waals surface area contributed by atoms with Crippen LogP contribution >= 0.6 is 0 Å². The van der Waals surface area contributed by atoms with E-state index in [0.717, 1.165) is 50.7 Å². The Morgan fingerprint density at radius 3 is 2.50 bits per heavy atom. The molecule has 1 rings (SSSR count). The molecule has 1 heterocycles. The maximum absolute atomic E-state index is 5.55. The molecule has 0 fully saturated rings. The second kappa shape index (κ2) is 10.4. The van der Waals surface area contributed by atoms with Crippen molar-refractivity contribution < 1.29 is 4.74 Å². The molecule has 1 aromatic rings. The SMILES string of the molecule is CCOc1cc(NCCCN(CC)CC)nc(CC(C)C)n1. The zero-order valence-electron chi connectivity index (χ0n) is 14.9. The first-order valence-electron chi connectivity index (χ1n) is 8.55. The van der Waals surface area contributed by atoms with Gasteiger partial charge in [0, 0.05) is 19.0 Å². The fourth-order valence-electron chi connectivity index (χ4n) is 2.30. The van der Waals surface area contributed by atoms with Crippen LogP contribution in [0.15, 0.2) is 6.07 Å². The lowest BCUT2D eigenvalue weighted by Gasteiger charge is -2.18. The highest BCUT2D eigenvalue weighted by molar-refractivity contribution is 5.38. The molecule has 126 valence electrons. The Kier molecular flexibility index (Phi) is 8.82. The van der Waals surface area contributed by atoms with Crippen molar-refractivity contribution in [2.75, 3.05) is 38.1 Å². The molecule has 0 bridgehead atoms. The summed E-state index contributed by atoms with van der Waals surface area (Å²) >= 11 is 0. The van der Waals surface area contributed by atoms with Crippen molar-refractivity contribution >= 4 is 5.82 Å². The topological polar surface area (TPSA) is 50.3 Å². The molecule has 0 spiro atoms. The number of aromatic nitrogens is 2. The molecular formula is C17H32N4O. The highest BCUT2D eigenvalue weighted by Gasteiger charge is 2.07. The van der Waals surface area contributed by atoms with Crippen molar-refractivity contribution in [1.82, 2.24) is 14.9 Å². The zero-order chi connectivity index (χ0) is 16.4. The van der Waals surface area contributed by atoms with Crippen LogP contribution in [-0.2, 0) is 6.42 Å². The van der Waals surface area contributed by atoms with Gasteiger partial charge in [-0.1, -0.05) is 27.7 Å². The zero-order valence-corrected chi connectivity index (χ0v) is 14.9. The van der Waals surface area contributed by atoms with E-state index in [1.807, 2.05) is 13.0 Å². The van der Waals surface area contributed by atoms with E-state index in [0.29, 0.717) is 18.4 Å². The number of ether oxygens (including phenoxy) is 1. The fourth-order valence-corrected chi connectivity index (χ4v) is 2.30. The molecule has 0 unspecified atom stereocenters. The van der Waals surface area contributed by atoms with Crippen molar-refractivity contribution in [2.45, 2.75) is 47.5 Å². The van der Waals surface area contributed by atoms with Crippen LogP contribution in [0.1, 0.15) is 46.9 Å². The number of rotatable bonds is 11. The second-order valence-corrected chi connectivity index (χ2v) is 5.85. The van der Waals surface area contributed by atoms with E-state index in [-0.39, 0.29) is 0 Å². The molecule has 0 aliphatic carbocycles. The molecule has 0 aliphatic heterocycles. The fraction of sp³-hybridized carbons (Fsp3) is 0.765. The molecule has 0 radical (unpaired) electrons. The monoisotopic (exact) mass is 308 g/mol. The molecule has 0 saturated carbocycles. The van der Waals surface area contributed by atoms with Crippen LogP contribution < -0.4 is 10.1 Å². The smallest absolute Gasteiger partial charge is 0.218 e. The molecule has 1 aromatic heterocycles. The van der Waals surface area contributed by atoms with E-state index in [1.54, 1.807) is 0 Å². The molecule has 0 atom stereocenters. The van der Waals surface area contributed by atoms with Crippen LogP contribution in [0.5, 0.6) is 5.88 Å². The van der Waals surface area contributed by atoms with Gasteiger partial charge in [-0.2, -0.15) is 4.98 Å². The highest BCUT2D eigenvalue weighted by Crippen LogP contribution is 2.15. The van der Waals surface area contributed by atoms with Crippen molar-refractivity contribution in [2.24, 2.45) is 5.92 Å². The van der Waals surface area contributed by atoms with E-state index in [1.165, 1.54) is 0 Å². The van der Waals surface area contributed by atoms with E-state index >= 15 is 0 Å². The number of hydrogen-bond donors (Lipinski definition) is 1. The summed E-state index contributed by atoms with van der Waals surface area (Å²) in [6.45, 7) is 15.6. The molecule has 0 aliphatic rings. The Labute approximate surface area is 135 Å². The maximum Gasteiger partial charge on any atom is 0.218 e. The van der Waals surface area contributed by atoms with Gasteiger partial charge in [0.2, 0.25) is 5.88 Å². The van der Waals surface area contributed by atoms with Gasteiger partial charge in [-0.05, 0) is 38.9 Å². The van der Waals surface area contributed by atoms with Gasteiger partial charge < -0.3 is 15.0 Å². The Hall–Kier alpha value is -1.36. The van der Waals surface area contributed by atoms with Crippen LogP contribution in [0.3, 0.4) is 0 Å². The first-order valence-corrected chi connectivity index (χ1v) is 8.55. The van der Waals surface area contributed by atoms with Crippen LogP contribution in [0.4, 0.5) is 5.82 Å². The average molecular weight is 308 g/mol. The van der Waals surface area contributed by atoms with Gasteiger partial charge in [0.25, 0.3) is 0 Å². The van der Waals surface area contributed by atoms with Gasteiger partial charge in [0.15, 0.2) is 0 Å². The molecule has 5 nitrogen and oxygen atoms in total. The van der Waals surface area contributed by atoms with Crippen molar-refractivity contribution in [3.8, 4) is 5.88 Å². The predicted molar refractivity (Wildman–Crippen MR) is 92.6 cm³/mol. The summed E-state index contributed by atoms with van der Waals surface area (Å²) in [5, 5.41) is 3.40. The summed E-state index contributed by atoms with van der Waals surface area (Å²) in [4.78, 5) is 11.5. The minimum absolute atomic E-state index is 0.535. The van der Waals surface area contributed by atoms with Gasteiger partial charge in [-0.25, -0.2) is 4.98 Å². The van der Waals surface area contributed by atoms with E-state index < -0.39 is 0 Å². The molecule has 5 heteroatoms. The molecule has 1 N–H and O–H groups in total. The summed E-state index contributed by atoms with van der Waals surface area (Å²) in [5.74, 6) is 2.92. The van der Waals surface area contributed by atoms with E-state index in [9.17, 15) is 0 Å². The third-order valence-electron chi connectivity index (χ3n) is 3.48. The Balaban J connectivity index is 2.58. The standard InChI is InChI=1S/C17H32N4O/c1-6-21(7-2)11-9-10-18-15-13-17(22-8-3)20-16(19-15)12-14(4)5/h13-14H,6-12H2,1-5H3,(H,18,19,20). The van der Waals surface area contributed by atoms with Crippen molar-refractivity contribution in [3.63, 3.8) is 0 Å². The quantitative estimate of drug-likeness (QED) is 0.636. The summed E-state index contributed by atoms with van der Waals surface area (Å²) in [6, 6.07) is 1.89. The lowest BCUT2D eigenvalue weighted by atomic mass is 10.1. The van der Waals surface area contributed by atoms with Crippen molar-refractivity contribution in [3.05, 3.63) is 11.9 Å². The average Bonchev–Trinajstić information content (AvgIpc) is 2.47. The number of hydrogen-bond acceptors (Lipinski definition) is 5. The first kappa shape index (κ1) is 18.7. The summed E-state index contributed by atoms with van der Waals surface area (Å²) in [7, 11) is 0. The van der Waals surface area contributed by atoms with Gasteiger partial charge >= 0.3 is 0 Å². The molecule has 0 aromatic carbocycles. The normalized spacial score (nSPS) is 11.2. The summed E-state index contributed by atoms with van der Waals surface area (Å²) < 4.78 is 5.55. The minimum atomic E-state index is 0.535. The van der Waals surface area contributed by atoms with Crippen LogP contribution in [0.2, 0.25) is 0 Å². The summed E-state index contributed by atoms with van der Waals surface area (Å²) in [6.07, 6.45) is 1.98. The third-order valence-corrected chi connectivity index (χ3v) is 3.48. The third kappa shape index (κ3) is 7.07. The lowest BCUT2D eigenvalue weighted by Crippen LogP contribution is -2.25. The van der Waals surface area contributed by atoms with Crippen LogP contribution in [0, 0.1) is 5.92 Å². The number of nitrogens with zero attached hydrogens (tertiary/aromatic N) is 3. The predicted octanol–water partition coefficient (Wildman–Crippen LogP) is 3.22. The van der Waals surface area contributed by atoms with Gasteiger partial charge in [-0.15, -0.1) is 0 Å². The van der Waals surface area contributed by atoms with Gasteiger partial charge in [-0.3, -0.25) is 0 Å². The highest BCUT2D eigenvalue weighted by atomic mass is 16.5. The Bertz CT molecular complexity index is 419. The molecular weight excluding hydrogens is 276 g/mol.